The van der Waals surface area contributed by atoms with E-state index in [-0.39, 0.29) is 59.2 Å². The van der Waals surface area contributed by atoms with E-state index in [1.54, 1.807) is 6.92 Å². The number of ether oxygens (including phenoxy) is 2. The third-order valence-electron chi connectivity index (χ3n) is 3.37. The van der Waals surface area contributed by atoms with Crippen molar-refractivity contribution in [2.24, 2.45) is 0 Å². The van der Waals surface area contributed by atoms with Gasteiger partial charge in [0.25, 0.3) is 10.1 Å². The van der Waals surface area contributed by atoms with Crippen molar-refractivity contribution in [3.05, 3.63) is 0 Å². The Balaban J connectivity index is -0.00000264. The van der Waals surface area contributed by atoms with Crippen LogP contribution in [-0.4, -0.2) is 48.2 Å². The first-order valence-electron chi connectivity index (χ1n) is 8.22. The molecule has 0 aromatic rings. The van der Waals surface area contributed by atoms with Gasteiger partial charge in [0, 0.05) is 6.42 Å². The molecule has 2 N–H and O–H groups in total. The SMILES string of the molecule is CCCCCCCCOC(CC)OC(=O)C(CC(=O)O)S(=O)(=O)O.[H-].[K+]. The molecule has 0 aliphatic carbocycles. The number of rotatable bonds is 14. The van der Waals surface area contributed by atoms with E-state index < -0.39 is 40.0 Å². The fraction of sp³-hybridized carbons (Fsp3) is 0.867. The Bertz CT molecular complexity index is 486. The number of carbonyl (C=O) groups excluding carboxylic acids is 1. The molecule has 0 aromatic carbocycles. The molecule has 8 nitrogen and oxygen atoms in total. The summed E-state index contributed by atoms with van der Waals surface area (Å²) in [5, 5.41) is 6.48. The van der Waals surface area contributed by atoms with Crippen LogP contribution in [0.1, 0.15) is 66.6 Å². The quantitative estimate of drug-likeness (QED) is 0.129. The molecule has 2 atom stereocenters. The van der Waals surface area contributed by atoms with Crippen molar-refractivity contribution in [2.45, 2.75) is 76.8 Å². The molecule has 25 heavy (non-hydrogen) atoms. The van der Waals surface area contributed by atoms with Gasteiger partial charge in [-0.1, -0.05) is 46.0 Å². The van der Waals surface area contributed by atoms with Gasteiger partial charge in [0.05, 0.1) is 13.0 Å². The van der Waals surface area contributed by atoms with Crippen molar-refractivity contribution in [1.29, 1.82) is 0 Å². The van der Waals surface area contributed by atoms with E-state index in [9.17, 15) is 18.0 Å². The van der Waals surface area contributed by atoms with E-state index in [4.69, 9.17) is 19.1 Å². The number of carbonyl (C=O) groups is 2. The van der Waals surface area contributed by atoms with E-state index in [1.807, 2.05) is 0 Å². The molecule has 0 radical (unpaired) electrons. The zero-order chi connectivity index (χ0) is 18.6. The van der Waals surface area contributed by atoms with Crippen molar-refractivity contribution >= 4 is 22.1 Å². The molecular weight excluding hydrogens is 379 g/mol. The molecule has 0 saturated carbocycles. The van der Waals surface area contributed by atoms with Gasteiger partial charge in [-0.15, -0.1) is 0 Å². The van der Waals surface area contributed by atoms with Crippen LogP contribution in [0.4, 0.5) is 0 Å². The molecular formula is C15H29KO8S. The van der Waals surface area contributed by atoms with E-state index in [0.29, 0.717) is 6.61 Å². The minimum Gasteiger partial charge on any atom is -1.00 e. The Morgan fingerprint density at radius 1 is 1.08 bits per heavy atom. The molecule has 0 bridgehead atoms. The second-order valence-corrected chi connectivity index (χ2v) is 7.11. The second kappa shape index (κ2) is 15.5. The standard InChI is InChI=1S/C15H28O8S.K.H/c1-3-5-6-7-8-9-10-22-14(4-2)23-15(18)12(11-13(16)17)24(19,20)21;;/h12,14H,3-11H2,1-2H3,(H,16,17)(H,19,20,21);;/q;+1;-1. The molecule has 0 saturated heterocycles. The van der Waals surface area contributed by atoms with Gasteiger partial charge < -0.3 is 16.0 Å². The molecule has 0 heterocycles. The summed E-state index contributed by atoms with van der Waals surface area (Å²) in [6, 6.07) is 0. The Morgan fingerprint density at radius 3 is 2.12 bits per heavy atom. The predicted octanol–water partition coefficient (Wildman–Crippen LogP) is -0.510. The van der Waals surface area contributed by atoms with Crippen LogP contribution in [-0.2, 0) is 29.2 Å². The Hall–Kier alpha value is 0.446. The van der Waals surface area contributed by atoms with Gasteiger partial charge >= 0.3 is 63.3 Å². The summed E-state index contributed by atoms with van der Waals surface area (Å²) < 4.78 is 41.4. The van der Waals surface area contributed by atoms with E-state index in [0.717, 1.165) is 32.1 Å². The molecule has 0 aromatic heterocycles. The molecule has 144 valence electrons. The van der Waals surface area contributed by atoms with Crippen LogP contribution in [0.5, 0.6) is 0 Å². The normalized spacial score (nSPS) is 13.6. The van der Waals surface area contributed by atoms with Gasteiger partial charge in [0.15, 0.2) is 5.25 Å². The van der Waals surface area contributed by atoms with Crippen LogP contribution >= 0.6 is 0 Å². The fourth-order valence-electron chi connectivity index (χ4n) is 2.01. The number of unbranched alkanes of at least 4 members (excludes halogenated alkanes) is 5. The summed E-state index contributed by atoms with van der Waals surface area (Å²) in [6.45, 7) is 4.17. The Morgan fingerprint density at radius 2 is 1.64 bits per heavy atom. The zero-order valence-corrected chi connectivity index (χ0v) is 19.2. The summed E-state index contributed by atoms with van der Waals surface area (Å²) in [7, 11) is -4.86. The number of esters is 1. The first kappa shape index (κ1) is 27.7. The molecule has 0 aliphatic rings. The molecule has 0 fully saturated rings. The number of hydrogen-bond acceptors (Lipinski definition) is 6. The van der Waals surface area contributed by atoms with Crippen LogP contribution in [0.3, 0.4) is 0 Å². The molecule has 10 heteroatoms. The summed E-state index contributed by atoms with van der Waals surface area (Å²) >= 11 is 0. The van der Waals surface area contributed by atoms with Gasteiger partial charge in [0.1, 0.15) is 0 Å². The van der Waals surface area contributed by atoms with Crippen LogP contribution in [0, 0.1) is 0 Å². The smallest absolute Gasteiger partial charge is 1.00 e. The van der Waals surface area contributed by atoms with Crippen LogP contribution in [0.25, 0.3) is 0 Å². The third-order valence-corrected chi connectivity index (χ3v) is 4.44. The van der Waals surface area contributed by atoms with Crippen molar-refractivity contribution in [1.82, 2.24) is 0 Å². The van der Waals surface area contributed by atoms with Crippen molar-refractivity contribution in [2.75, 3.05) is 6.61 Å². The van der Waals surface area contributed by atoms with Gasteiger partial charge in [-0.25, -0.2) is 0 Å². The molecule has 2 unspecified atom stereocenters. The van der Waals surface area contributed by atoms with Crippen LogP contribution in [0.2, 0.25) is 0 Å². The molecule has 0 spiro atoms. The number of carboxylic acid groups (broad SMARTS) is 1. The first-order chi connectivity index (χ1) is 11.2. The number of carboxylic acids is 1. The Labute approximate surface area is 193 Å². The van der Waals surface area contributed by atoms with E-state index in [2.05, 4.69) is 6.92 Å². The largest absolute Gasteiger partial charge is 1.00 e. The zero-order valence-electron chi connectivity index (χ0n) is 16.3. The van der Waals surface area contributed by atoms with Crippen LogP contribution in [0.15, 0.2) is 0 Å². The number of hydrogen-bond donors (Lipinski definition) is 2. The summed E-state index contributed by atoms with van der Waals surface area (Å²) in [5.41, 5.74) is 0. The van der Waals surface area contributed by atoms with Gasteiger partial charge in [-0.05, 0) is 6.42 Å². The average Bonchev–Trinajstić information content (AvgIpc) is 2.49. The predicted molar refractivity (Wildman–Crippen MR) is 88.2 cm³/mol. The third kappa shape index (κ3) is 14.2. The fourth-order valence-corrected chi connectivity index (χ4v) is 2.66. The van der Waals surface area contributed by atoms with Crippen molar-refractivity contribution in [3.8, 4) is 0 Å². The topological polar surface area (TPSA) is 127 Å². The van der Waals surface area contributed by atoms with Gasteiger partial charge in [-0.2, -0.15) is 8.42 Å². The minimum atomic E-state index is -4.86. The first-order valence-corrected chi connectivity index (χ1v) is 9.72. The number of aliphatic carboxylic acids is 1. The minimum absolute atomic E-state index is 0. The molecule has 0 amide bonds. The average molecular weight is 409 g/mol. The maximum Gasteiger partial charge on any atom is 1.00 e. The van der Waals surface area contributed by atoms with Crippen LogP contribution < -0.4 is 51.4 Å². The maximum absolute atomic E-state index is 11.8. The van der Waals surface area contributed by atoms with Gasteiger partial charge in [0.2, 0.25) is 6.29 Å². The molecule has 0 aliphatic heterocycles. The van der Waals surface area contributed by atoms with Crippen molar-refractivity contribution in [3.63, 3.8) is 0 Å². The summed E-state index contributed by atoms with van der Waals surface area (Å²) in [6.07, 6.45) is 4.63. The monoisotopic (exact) mass is 408 g/mol. The summed E-state index contributed by atoms with van der Waals surface area (Å²) in [4.78, 5) is 22.4. The maximum atomic E-state index is 11.8. The summed E-state index contributed by atoms with van der Waals surface area (Å²) in [5.74, 6) is -2.86. The van der Waals surface area contributed by atoms with Gasteiger partial charge in [-0.3, -0.25) is 14.1 Å². The van der Waals surface area contributed by atoms with E-state index >= 15 is 0 Å². The Kier molecular flexibility index (Phi) is 17.2. The van der Waals surface area contributed by atoms with Crippen molar-refractivity contribution < 1.29 is 90.0 Å². The van der Waals surface area contributed by atoms with E-state index in [1.165, 1.54) is 6.42 Å². The second-order valence-electron chi connectivity index (χ2n) is 5.51. The molecule has 0 rings (SSSR count).